The van der Waals surface area contributed by atoms with Crippen LogP contribution in [0.15, 0.2) is 114 Å². The van der Waals surface area contributed by atoms with Gasteiger partial charge in [0.1, 0.15) is 21.9 Å². The van der Waals surface area contributed by atoms with E-state index in [0.29, 0.717) is 12.4 Å². The van der Waals surface area contributed by atoms with Gasteiger partial charge in [-0.05, 0) is 61.4 Å². The maximum Gasteiger partial charge on any atom is 0.339 e. The first-order valence-corrected chi connectivity index (χ1v) is 13.2. The van der Waals surface area contributed by atoms with E-state index in [1.165, 1.54) is 0 Å². The number of rotatable bonds is 7. The highest BCUT2D eigenvalue weighted by molar-refractivity contribution is 7.87. The van der Waals surface area contributed by atoms with Crippen LogP contribution in [-0.4, -0.2) is 15.0 Å². The Labute approximate surface area is 212 Å². The van der Waals surface area contributed by atoms with E-state index in [1.807, 2.05) is 56.3 Å². The molecular formula is C30H27NO4S. The predicted molar refractivity (Wildman–Crippen MR) is 142 cm³/mol. The van der Waals surface area contributed by atoms with E-state index in [0.717, 1.165) is 27.9 Å². The van der Waals surface area contributed by atoms with Gasteiger partial charge in [0.2, 0.25) is 0 Å². The van der Waals surface area contributed by atoms with Crippen LogP contribution in [0.5, 0.6) is 5.75 Å². The van der Waals surface area contributed by atoms with Crippen molar-refractivity contribution in [3.05, 3.63) is 131 Å². The summed E-state index contributed by atoms with van der Waals surface area (Å²) in [4.78, 5) is 0.108. The van der Waals surface area contributed by atoms with Crippen LogP contribution in [0.25, 0.3) is 5.76 Å². The number of nitrogens with one attached hydrogen (secondary N) is 1. The van der Waals surface area contributed by atoms with Crippen LogP contribution in [-0.2, 0) is 20.4 Å². The fourth-order valence-electron chi connectivity index (χ4n) is 4.45. The highest BCUT2D eigenvalue weighted by Crippen LogP contribution is 2.44. The highest BCUT2D eigenvalue weighted by Gasteiger charge is 2.37. The lowest BCUT2D eigenvalue weighted by molar-refractivity contribution is 0.294. The van der Waals surface area contributed by atoms with E-state index in [4.69, 9.17) is 8.92 Å². The Balaban J connectivity index is 1.59. The van der Waals surface area contributed by atoms with E-state index < -0.39 is 15.7 Å². The molecule has 0 saturated heterocycles. The third kappa shape index (κ3) is 4.48. The lowest BCUT2D eigenvalue weighted by atomic mass is 9.79. The predicted octanol–water partition coefficient (Wildman–Crippen LogP) is 6.51. The van der Waals surface area contributed by atoms with Crippen LogP contribution in [0.2, 0.25) is 0 Å². The van der Waals surface area contributed by atoms with Crippen molar-refractivity contribution < 1.29 is 17.3 Å². The number of hydrogen-bond donors (Lipinski definition) is 1. The average molecular weight is 498 g/mol. The van der Waals surface area contributed by atoms with Gasteiger partial charge >= 0.3 is 10.1 Å². The summed E-state index contributed by atoms with van der Waals surface area (Å²) in [5.41, 5.74) is 3.96. The Hall–Kier alpha value is -4.03. The molecule has 0 aromatic heterocycles. The fourth-order valence-corrected chi connectivity index (χ4v) is 5.37. The molecule has 0 radical (unpaired) electrons. The normalized spacial score (nSPS) is 14.2. The molecule has 0 spiro atoms. The number of benzene rings is 4. The second-order valence-electron chi connectivity index (χ2n) is 8.66. The van der Waals surface area contributed by atoms with Crippen LogP contribution < -0.4 is 9.50 Å². The van der Waals surface area contributed by atoms with Crippen LogP contribution in [0.1, 0.15) is 29.2 Å². The molecule has 5 rings (SSSR count). The van der Waals surface area contributed by atoms with Crippen molar-refractivity contribution in [2.45, 2.75) is 24.3 Å². The van der Waals surface area contributed by atoms with Crippen LogP contribution in [0.3, 0.4) is 0 Å². The van der Waals surface area contributed by atoms with Crippen molar-refractivity contribution in [3.8, 4) is 5.75 Å². The van der Waals surface area contributed by atoms with Crippen molar-refractivity contribution in [1.82, 2.24) is 0 Å². The molecule has 1 aliphatic rings. The van der Waals surface area contributed by atoms with E-state index in [1.54, 1.807) is 36.4 Å². The maximum absolute atomic E-state index is 12.9. The Kier molecular flexibility index (Phi) is 6.29. The van der Waals surface area contributed by atoms with E-state index in [9.17, 15) is 8.42 Å². The van der Waals surface area contributed by atoms with Gasteiger partial charge in [-0.15, -0.1) is 0 Å². The lowest BCUT2D eigenvalue weighted by Gasteiger charge is -2.39. The topological polar surface area (TPSA) is 64.6 Å². The average Bonchev–Trinajstić information content (AvgIpc) is 2.90. The molecule has 1 N–H and O–H groups in total. The Morgan fingerprint density at radius 2 is 1.42 bits per heavy atom. The first-order chi connectivity index (χ1) is 17.4. The molecule has 0 aliphatic carbocycles. The minimum Gasteiger partial charge on any atom is -0.493 e. The van der Waals surface area contributed by atoms with Crippen molar-refractivity contribution in [3.63, 3.8) is 0 Å². The minimum absolute atomic E-state index is 0.108. The second-order valence-corrected chi connectivity index (χ2v) is 10.2. The Morgan fingerprint density at radius 1 is 0.806 bits per heavy atom. The minimum atomic E-state index is -3.98. The molecule has 5 nitrogen and oxygen atoms in total. The summed E-state index contributed by atoms with van der Waals surface area (Å²) in [5, 5.41) is 3.70. The number of anilines is 1. The molecule has 6 heteroatoms. The largest absolute Gasteiger partial charge is 0.493 e. The summed E-state index contributed by atoms with van der Waals surface area (Å²) in [6, 6.07) is 32.1. The molecule has 0 fully saturated rings. The number of hydrogen-bond acceptors (Lipinski definition) is 5. The summed E-state index contributed by atoms with van der Waals surface area (Å²) in [6.45, 7) is 4.29. The van der Waals surface area contributed by atoms with Gasteiger partial charge in [-0.1, -0.05) is 78.4 Å². The number of fused-ring (bicyclic) bond motifs is 1. The fraction of sp³-hybridized carbons (Fsp3) is 0.133. The summed E-state index contributed by atoms with van der Waals surface area (Å²) in [6.07, 6.45) is 2.06. The van der Waals surface area contributed by atoms with Gasteiger partial charge in [-0.2, -0.15) is 8.42 Å². The molecule has 182 valence electrons. The first kappa shape index (κ1) is 23.7. The zero-order valence-electron chi connectivity index (χ0n) is 20.1. The molecule has 1 heterocycles. The van der Waals surface area contributed by atoms with Crippen LogP contribution >= 0.6 is 0 Å². The molecule has 0 saturated carbocycles. The van der Waals surface area contributed by atoms with Gasteiger partial charge in [0.25, 0.3) is 0 Å². The molecular weight excluding hydrogens is 470 g/mol. The van der Waals surface area contributed by atoms with Crippen LogP contribution in [0, 0.1) is 6.92 Å². The molecule has 0 bridgehead atoms. The quantitative estimate of drug-likeness (QED) is 0.295. The molecule has 36 heavy (non-hydrogen) atoms. The summed E-state index contributed by atoms with van der Waals surface area (Å²) in [7, 11) is -3.98. The molecule has 0 amide bonds. The Bertz CT molecular complexity index is 1460. The zero-order valence-corrected chi connectivity index (χ0v) is 21.0. The first-order valence-electron chi connectivity index (χ1n) is 11.8. The Morgan fingerprint density at radius 3 is 2.00 bits per heavy atom. The van der Waals surface area contributed by atoms with Gasteiger partial charge < -0.3 is 14.2 Å². The maximum atomic E-state index is 12.9. The van der Waals surface area contributed by atoms with Crippen molar-refractivity contribution >= 4 is 21.6 Å². The second kappa shape index (κ2) is 9.55. The third-order valence-corrected chi connectivity index (χ3v) is 7.47. The van der Waals surface area contributed by atoms with Gasteiger partial charge in [-0.3, -0.25) is 0 Å². The standard InChI is InChI=1S/C30H27NO4S/c1-3-34-29-21-30(23-10-6-4-7-11-23,24-12-8-5-9-13-24)31-28-19-16-25(20-27(28)29)35-36(32,33)26-17-14-22(2)15-18-26/h4-21,31H,3H2,1-2H3. The van der Waals surface area contributed by atoms with Crippen molar-refractivity contribution in [2.24, 2.45) is 0 Å². The monoisotopic (exact) mass is 497 g/mol. The summed E-state index contributed by atoms with van der Waals surface area (Å²) < 4.78 is 37.4. The summed E-state index contributed by atoms with van der Waals surface area (Å²) >= 11 is 0. The zero-order chi connectivity index (χ0) is 25.2. The van der Waals surface area contributed by atoms with E-state index >= 15 is 0 Å². The van der Waals surface area contributed by atoms with Gasteiger partial charge in [-0.25, -0.2) is 0 Å². The number of ether oxygens (including phenoxy) is 1. The molecule has 1 aliphatic heterocycles. The summed E-state index contributed by atoms with van der Waals surface area (Å²) in [5.74, 6) is 0.866. The smallest absolute Gasteiger partial charge is 0.339 e. The molecule has 4 aromatic rings. The molecule has 4 aromatic carbocycles. The van der Waals surface area contributed by atoms with E-state index in [2.05, 4.69) is 35.7 Å². The van der Waals surface area contributed by atoms with Crippen molar-refractivity contribution in [2.75, 3.05) is 11.9 Å². The SMILES string of the molecule is CCOC1=CC(c2ccccc2)(c2ccccc2)Nc2ccc(OS(=O)(=O)c3ccc(C)cc3)cc21. The number of aryl methyl sites for hydroxylation is 1. The molecule has 0 atom stereocenters. The molecule has 0 unspecified atom stereocenters. The van der Waals surface area contributed by atoms with Crippen molar-refractivity contribution in [1.29, 1.82) is 0 Å². The van der Waals surface area contributed by atoms with Gasteiger partial charge in [0, 0.05) is 11.3 Å². The van der Waals surface area contributed by atoms with E-state index in [-0.39, 0.29) is 10.6 Å². The highest BCUT2D eigenvalue weighted by atomic mass is 32.2. The van der Waals surface area contributed by atoms with Gasteiger partial charge in [0.05, 0.1) is 6.61 Å². The lowest BCUT2D eigenvalue weighted by Crippen LogP contribution is -2.37. The van der Waals surface area contributed by atoms with Gasteiger partial charge in [0.15, 0.2) is 0 Å². The third-order valence-electron chi connectivity index (χ3n) is 6.21. The van der Waals surface area contributed by atoms with Crippen LogP contribution in [0.4, 0.5) is 5.69 Å².